The molecule has 5 heteroatoms. The maximum absolute atomic E-state index is 12.7. The number of Topliss-reactive ketones (excluding diaryl/α,β-unsaturated/α-hetero) is 1. The summed E-state index contributed by atoms with van der Waals surface area (Å²) >= 11 is 0. The second kappa shape index (κ2) is 6.31. The van der Waals surface area contributed by atoms with Crippen molar-refractivity contribution in [2.24, 2.45) is 5.92 Å². The number of esters is 1. The van der Waals surface area contributed by atoms with Gasteiger partial charge in [0.15, 0.2) is 0 Å². The van der Waals surface area contributed by atoms with Crippen LogP contribution in [-0.4, -0.2) is 48.5 Å². The summed E-state index contributed by atoms with van der Waals surface area (Å²) in [6.45, 7) is 3.57. The molecule has 1 aliphatic heterocycles. The van der Waals surface area contributed by atoms with Crippen molar-refractivity contribution in [1.29, 1.82) is 0 Å². The number of methoxy groups -OCH3 is 1. The lowest BCUT2D eigenvalue weighted by molar-refractivity contribution is -0.205. The van der Waals surface area contributed by atoms with Crippen LogP contribution in [0.2, 0.25) is 0 Å². The molecule has 5 nitrogen and oxygen atoms in total. The van der Waals surface area contributed by atoms with Crippen LogP contribution in [0.15, 0.2) is 18.2 Å². The predicted octanol–water partition coefficient (Wildman–Crippen LogP) is 3.03. The highest BCUT2D eigenvalue weighted by atomic mass is 16.6. The lowest BCUT2D eigenvalue weighted by atomic mass is 9.49. The fourth-order valence-electron chi connectivity index (χ4n) is 6.30. The summed E-state index contributed by atoms with van der Waals surface area (Å²) in [6, 6.07) is 6.42. The van der Waals surface area contributed by atoms with Gasteiger partial charge in [0.25, 0.3) is 0 Å². The van der Waals surface area contributed by atoms with Crippen molar-refractivity contribution in [1.82, 2.24) is 4.90 Å². The molecule has 2 unspecified atom stereocenters. The van der Waals surface area contributed by atoms with Crippen LogP contribution in [0.1, 0.15) is 56.6 Å². The van der Waals surface area contributed by atoms with Crippen LogP contribution in [0.25, 0.3) is 0 Å². The van der Waals surface area contributed by atoms with E-state index in [1.54, 1.807) is 7.11 Å². The van der Waals surface area contributed by atoms with E-state index >= 15 is 0 Å². The topological polar surface area (TPSA) is 55.8 Å². The van der Waals surface area contributed by atoms with Gasteiger partial charge < -0.3 is 9.47 Å². The molecule has 2 bridgehead atoms. The summed E-state index contributed by atoms with van der Waals surface area (Å²) in [5.74, 6) is 1.64. The number of ether oxygens (including phenoxy) is 2. The molecule has 1 saturated heterocycles. The largest absolute Gasteiger partial charge is 0.497 e. The second-order valence-electron chi connectivity index (χ2n) is 9.21. The minimum absolute atomic E-state index is 0.153. The molecule has 28 heavy (non-hydrogen) atoms. The Labute approximate surface area is 166 Å². The van der Waals surface area contributed by atoms with Crippen LogP contribution in [0.3, 0.4) is 0 Å². The molecular formula is C23H29NO4. The van der Waals surface area contributed by atoms with Crippen LogP contribution in [-0.2, 0) is 26.2 Å². The fourth-order valence-corrected chi connectivity index (χ4v) is 6.30. The normalized spacial score (nSPS) is 34.4. The van der Waals surface area contributed by atoms with Crippen molar-refractivity contribution >= 4 is 11.8 Å². The molecule has 3 aliphatic carbocycles. The van der Waals surface area contributed by atoms with Crippen LogP contribution in [0, 0.1) is 5.92 Å². The van der Waals surface area contributed by atoms with Crippen molar-refractivity contribution in [2.75, 3.05) is 20.2 Å². The Bertz CT molecular complexity index is 832. The number of benzene rings is 1. The van der Waals surface area contributed by atoms with Gasteiger partial charge in [-0.1, -0.05) is 6.07 Å². The maximum Gasteiger partial charge on any atom is 0.303 e. The van der Waals surface area contributed by atoms with E-state index in [0.717, 1.165) is 37.6 Å². The molecule has 0 radical (unpaired) electrons. The number of fused-ring (bicyclic) bond motifs is 1. The van der Waals surface area contributed by atoms with Crippen molar-refractivity contribution < 1.29 is 19.1 Å². The Morgan fingerprint density at radius 3 is 2.82 bits per heavy atom. The Morgan fingerprint density at radius 2 is 2.11 bits per heavy atom. The quantitative estimate of drug-likeness (QED) is 0.748. The molecule has 5 rings (SSSR count). The summed E-state index contributed by atoms with van der Waals surface area (Å²) in [6.07, 6.45) is 5.94. The Kier molecular flexibility index (Phi) is 4.10. The zero-order chi connectivity index (χ0) is 19.5. The lowest BCUT2D eigenvalue weighted by Crippen LogP contribution is -2.74. The van der Waals surface area contributed by atoms with E-state index in [2.05, 4.69) is 17.0 Å². The van der Waals surface area contributed by atoms with E-state index < -0.39 is 11.0 Å². The van der Waals surface area contributed by atoms with Gasteiger partial charge in [-0.3, -0.25) is 14.5 Å². The van der Waals surface area contributed by atoms with Gasteiger partial charge in [0.2, 0.25) is 0 Å². The molecule has 0 amide bonds. The Morgan fingerprint density at radius 1 is 1.29 bits per heavy atom. The number of nitrogens with zero attached hydrogens (tertiary/aromatic N) is 1. The number of ketones is 1. The molecule has 0 aromatic heterocycles. The Balaban J connectivity index is 1.69. The van der Waals surface area contributed by atoms with Crippen molar-refractivity contribution in [3.63, 3.8) is 0 Å². The summed E-state index contributed by atoms with van der Waals surface area (Å²) in [7, 11) is 1.68. The number of hydrogen-bond donors (Lipinski definition) is 0. The monoisotopic (exact) mass is 383 g/mol. The predicted molar refractivity (Wildman–Crippen MR) is 104 cm³/mol. The van der Waals surface area contributed by atoms with Crippen molar-refractivity contribution in [3.05, 3.63) is 29.3 Å². The minimum atomic E-state index is -0.612. The van der Waals surface area contributed by atoms with Gasteiger partial charge in [-0.2, -0.15) is 0 Å². The number of rotatable bonds is 4. The smallest absolute Gasteiger partial charge is 0.303 e. The minimum Gasteiger partial charge on any atom is -0.497 e. The van der Waals surface area contributed by atoms with Crippen LogP contribution >= 0.6 is 0 Å². The summed E-state index contributed by atoms with van der Waals surface area (Å²) in [4.78, 5) is 27.6. The van der Waals surface area contributed by atoms with Crippen LogP contribution < -0.4 is 4.74 Å². The first kappa shape index (κ1) is 18.2. The van der Waals surface area contributed by atoms with E-state index in [-0.39, 0.29) is 17.8 Å². The highest BCUT2D eigenvalue weighted by Gasteiger charge is 2.67. The first-order valence-corrected chi connectivity index (χ1v) is 10.6. The molecule has 0 N–H and O–H groups in total. The number of carbonyl (C=O) groups is 2. The third kappa shape index (κ3) is 2.55. The van der Waals surface area contributed by atoms with Gasteiger partial charge in [0.1, 0.15) is 17.1 Å². The molecule has 1 aromatic rings. The summed E-state index contributed by atoms with van der Waals surface area (Å²) < 4.78 is 11.8. The lowest BCUT2D eigenvalue weighted by Gasteiger charge is -2.64. The number of piperidine rings is 1. The molecule has 3 atom stereocenters. The molecule has 2 saturated carbocycles. The van der Waals surface area contributed by atoms with E-state index in [1.165, 1.54) is 30.9 Å². The SMILES string of the molecule is COc1ccc2c(c1)C13CCN(CC4CC4)C(C2)[C@]1(OC(C)=O)CCC(=O)C3. The first-order valence-electron chi connectivity index (χ1n) is 10.6. The highest BCUT2D eigenvalue weighted by Crippen LogP contribution is 2.60. The number of carbonyl (C=O) groups excluding carboxylic acids is 2. The van der Waals surface area contributed by atoms with Gasteiger partial charge in [-0.15, -0.1) is 0 Å². The van der Waals surface area contributed by atoms with Gasteiger partial charge in [-0.25, -0.2) is 0 Å². The van der Waals surface area contributed by atoms with Gasteiger partial charge in [0.05, 0.1) is 13.2 Å². The zero-order valence-electron chi connectivity index (χ0n) is 16.8. The van der Waals surface area contributed by atoms with Gasteiger partial charge in [0, 0.05) is 31.7 Å². The van der Waals surface area contributed by atoms with Gasteiger partial charge >= 0.3 is 5.97 Å². The van der Waals surface area contributed by atoms with Crippen LogP contribution in [0.4, 0.5) is 0 Å². The highest BCUT2D eigenvalue weighted by molar-refractivity contribution is 5.83. The molecule has 150 valence electrons. The van der Waals surface area contributed by atoms with Crippen molar-refractivity contribution in [2.45, 2.75) is 68.9 Å². The Hall–Kier alpha value is -1.88. The van der Waals surface area contributed by atoms with E-state index in [9.17, 15) is 9.59 Å². The summed E-state index contributed by atoms with van der Waals surface area (Å²) in [5.41, 5.74) is 1.41. The average molecular weight is 383 g/mol. The number of likely N-dealkylation sites (tertiary alicyclic amines) is 1. The number of hydrogen-bond acceptors (Lipinski definition) is 5. The molecule has 1 heterocycles. The average Bonchev–Trinajstić information content (AvgIpc) is 3.48. The van der Waals surface area contributed by atoms with E-state index in [4.69, 9.17) is 9.47 Å². The molecule has 3 fully saturated rings. The zero-order valence-corrected chi connectivity index (χ0v) is 16.8. The molecule has 4 aliphatic rings. The molecule has 1 aromatic carbocycles. The third-order valence-electron chi connectivity index (χ3n) is 7.65. The van der Waals surface area contributed by atoms with E-state index in [0.29, 0.717) is 19.3 Å². The van der Waals surface area contributed by atoms with Crippen molar-refractivity contribution in [3.8, 4) is 5.75 Å². The first-order chi connectivity index (χ1) is 13.5. The van der Waals surface area contributed by atoms with Crippen LogP contribution in [0.5, 0.6) is 5.75 Å². The molecule has 0 spiro atoms. The third-order valence-corrected chi connectivity index (χ3v) is 7.65. The van der Waals surface area contributed by atoms with E-state index in [1.807, 2.05) is 6.07 Å². The van der Waals surface area contributed by atoms with Gasteiger partial charge in [-0.05, 0) is 67.8 Å². The summed E-state index contributed by atoms with van der Waals surface area (Å²) in [5, 5.41) is 0. The molecular weight excluding hydrogens is 354 g/mol. The fraction of sp³-hybridized carbons (Fsp3) is 0.652. The second-order valence-corrected chi connectivity index (χ2v) is 9.21. The standard InChI is InChI=1S/C23H29NO4/c1-15(25)28-23-8-7-18(26)13-22(23)9-10-24(14-16-3-4-16)21(23)11-17-5-6-19(27-2)12-20(17)22/h5-6,12,16,21H,3-4,7-11,13-14H2,1-2H3/t21?,22?,23-/m1/s1. The maximum atomic E-state index is 12.7.